The molecule has 0 bridgehead atoms. The molecule has 0 saturated heterocycles. The van der Waals surface area contributed by atoms with Gasteiger partial charge in [0, 0.05) is 30.0 Å². The van der Waals surface area contributed by atoms with Crippen LogP contribution in [0.15, 0.2) is 12.3 Å². The first kappa shape index (κ1) is 15.5. The van der Waals surface area contributed by atoms with Crippen LogP contribution in [0.2, 0.25) is 0 Å². The van der Waals surface area contributed by atoms with Crippen molar-refractivity contribution in [1.29, 1.82) is 0 Å². The van der Waals surface area contributed by atoms with Gasteiger partial charge in [-0.2, -0.15) is 4.98 Å². The Morgan fingerprint density at radius 2 is 2.25 bits per heavy atom. The molecule has 2 saturated carbocycles. The van der Waals surface area contributed by atoms with Crippen LogP contribution in [0.3, 0.4) is 0 Å². The number of carbonyl (C=O) groups is 1. The summed E-state index contributed by atoms with van der Waals surface area (Å²) in [7, 11) is 0. The van der Waals surface area contributed by atoms with E-state index in [1.165, 1.54) is 12.8 Å². The number of hydrogen-bond acceptors (Lipinski definition) is 5. The van der Waals surface area contributed by atoms with Gasteiger partial charge in [0.2, 0.25) is 5.82 Å². The fourth-order valence-electron chi connectivity index (χ4n) is 4.31. The van der Waals surface area contributed by atoms with Gasteiger partial charge in [-0.3, -0.25) is 4.79 Å². The second-order valence-corrected chi connectivity index (χ2v) is 6.88. The molecule has 0 aliphatic heterocycles. The molecule has 2 aromatic heterocycles. The van der Waals surface area contributed by atoms with Crippen molar-refractivity contribution in [2.45, 2.75) is 58.1 Å². The highest BCUT2D eigenvalue weighted by Crippen LogP contribution is 2.54. The third kappa shape index (κ3) is 2.30. The summed E-state index contributed by atoms with van der Waals surface area (Å²) in [5.41, 5.74) is 1.01. The average molecular weight is 329 g/mol. The minimum atomic E-state index is -0.217. The Morgan fingerprint density at radius 1 is 1.46 bits per heavy atom. The van der Waals surface area contributed by atoms with Crippen LogP contribution in [0.5, 0.6) is 0 Å². The molecule has 1 N–H and O–H groups in total. The summed E-state index contributed by atoms with van der Waals surface area (Å²) in [5.74, 6) is 0.424. The lowest BCUT2D eigenvalue weighted by molar-refractivity contribution is -0.127. The van der Waals surface area contributed by atoms with E-state index in [1.807, 2.05) is 19.9 Å². The van der Waals surface area contributed by atoms with Gasteiger partial charge in [-0.1, -0.05) is 12.8 Å². The highest BCUT2D eigenvalue weighted by atomic mass is 16.5. The Bertz CT molecular complexity index is 765. The van der Waals surface area contributed by atoms with E-state index in [4.69, 9.17) is 4.74 Å². The first-order chi connectivity index (χ1) is 11.6. The maximum absolute atomic E-state index is 12.6. The fraction of sp³-hybridized carbons (Fsp3) is 0.647. The summed E-state index contributed by atoms with van der Waals surface area (Å²) < 4.78 is 7.50. The van der Waals surface area contributed by atoms with Crippen molar-refractivity contribution in [2.75, 3.05) is 6.61 Å². The van der Waals surface area contributed by atoms with Crippen LogP contribution in [0.1, 0.15) is 55.3 Å². The molecular weight excluding hydrogens is 306 g/mol. The molecule has 2 aliphatic carbocycles. The monoisotopic (exact) mass is 329 g/mol. The van der Waals surface area contributed by atoms with Crippen molar-refractivity contribution < 1.29 is 9.53 Å². The third-order valence-electron chi connectivity index (χ3n) is 5.63. The zero-order chi connectivity index (χ0) is 16.7. The zero-order valence-electron chi connectivity index (χ0n) is 14.2. The second kappa shape index (κ2) is 5.81. The van der Waals surface area contributed by atoms with E-state index in [0.717, 1.165) is 31.6 Å². The smallest absolute Gasteiger partial charge is 0.291 e. The predicted molar refractivity (Wildman–Crippen MR) is 87.7 cm³/mol. The summed E-state index contributed by atoms with van der Waals surface area (Å²) in [6.45, 7) is 4.67. The molecule has 4 rings (SSSR count). The van der Waals surface area contributed by atoms with Crippen LogP contribution in [0.25, 0.3) is 5.78 Å². The highest BCUT2D eigenvalue weighted by Gasteiger charge is 2.57. The Labute approximate surface area is 140 Å². The number of ether oxygens (including phenoxy) is 1. The number of aryl methyl sites for hydroxylation is 1. The minimum Gasteiger partial charge on any atom is -0.378 e. The van der Waals surface area contributed by atoms with Gasteiger partial charge in [-0.25, -0.2) is 9.50 Å². The number of hydrogen-bond donors (Lipinski definition) is 1. The molecule has 2 atom stereocenters. The molecule has 0 aromatic carbocycles. The summed E-state index contributed by atoms with van der Waals surface area (Å²) >= 11 is 0. The highest BCUT2D eigenvalue weighted by molar-refractivity contribution is 5.91. The Kier molecular flexibility index (Phi) is 3.75. The summed E-state index contributed by atoms with van der Waals surface area (Å²) in [6.07, 6.45) is 7.51. The van der Waals surface area contributed by atoms with Crippen molar-refractivity contribution in [3.63, 3.8) is 0 Å². The number of amides is 1. The van der Waals surface area contributed by atoms with E-state index in [-0.39, 0.29) is 29.3 Å². The Balaban J connectivity index is 1.52. The standard InChI is InChI=1S/C17H23N5O2/c1-3-24-13-10-12(17(13)7-4-5-8-17)19-15(23)14-20-16-18-9-6-11(2)22(16)21-14/h6,9,12-13H,3-5,7-8,10H2,1-2H3,(H,19,23)/t12-,13-/m1/s1. The third-order valence-corrected chi connectivity index (χ3v) is 5.63. The molecule has 0 unspecified atom stereocenters. The lowest BCUT2D eigenvalue weighted by Gasteiger charge is -2.53. The van der Waals surface area contributed by atoms with E-state index in [1.54, 1.807) is 10.7 Å². The number of rotatable bonds is 4. The Morgan fingerprint density at radius 3 is 2.96 bits per heavy atom. The largest absolute Gasteiger partial charge is 0.378 e. The van der Waals surface area contributed by atoms with Gasteiger partial charge < -0.3 is 10.1 Å². The molecule has 1 amide bonds. The zero-order valence-corrected chi connectivity index (χ0v) is 14.2. The molecule has 2 aliphatic rings. The van der Waals surface area contributed by atoms with Crippen LogP contribution in [0, 0.1) is 12.3 Å². The molecule has 2 fully saturated rings. The van der Waals surface area contributed by atoms with E-state index in [9.17, 15) is 4.79 Å². The maximum Gasteiger partial charge on any atom is 0.291 e. The number of carbonyl (C=O) groups excluding carboxylic acids is 1. The van der Waals surface area contributed by atoms with Crippen LogP contribution < -0.4 is 5.32 Å². The number of nitrogens with zero attached hydrogens (tertiary/aromatic N) is 4. The Hall–Kier alpha value is -2.02. The van der Waals surface area contributed by atoms with Crippen LogP contribution in [0.4, 0.5) is 0 Å². The SMILES string of the molecule is CCO[C@@H]1C[C@@H](NC(=O)c2nc3nccc(C)n3n2)C12CCCC2. The van der Waals surface area contributed by atoms with Gasteiger partial charge in [0.1, 0.15) is 0 Å². The van der Waals surface area contributed by atoms with Gasteiger partial charge in [-0.05, 0) is 39.2 Å². The van der Waals surface area contributed by atoms with Gasteiger partial charge in [0.05, 0.1) is 6.10 Å². The number of nitrogens with one attached hydrogen (secondary N) is 1. The quantitative estimate of drug-likeness (QED) is 0.926. The van der Waals surface area contributed by atoms with Gasteiger partial charge in [0.15, 0.2) is 0 Å². The fourth-order valence-corrected chi connectivity index (χ4v) is 4.31. The summed E-state index contributed by atoms with van der Waals surface area (Å²) in [5, 5.41) is 7.44. The van der Waals surface area contributed by atoms with Crippen molar-refractivity contribution >= 4 is 11.7 Å². The first-order valence-electron chi connectivity index (χ1n) is 8.75. The molecule has 2 aromatic rings. The van der Waals surface area contributed by atoms with Crippen molar-refractivity contribution in [1.82, 2.24) is 24.9 Å². The number of aromatic nitrogens is 4. The van der Waals surface area contributed by atoms with Gasteiger partial charge in [-0.15, -0.1) is 5.10 Å². The van der Waals surface area contributed by atoms with E-state index >= 15 is 0 Å². The van der Waals surface area contributed by atoms with Crippen molar-refractivity contribution in [3.05, 3.63) is 23.8 Å². The average Bonchev–Trinajstić information content (AvgIpc) is 3.23. The molecule has 0 radical (unpaired) electrons. The van der Waals surface area contributed by atoms with Crippen LogP contribution in [-0.4, -0.2) is 44.2 Å². The van der Waals surface area contributed by atoms with Gasteiger partial charge >= 0.3 is 0 Å². The molecule has 1 spiro atoms. The topological polar surface area (TPSA) is 81.4 Å². The molecule has 7 heteroatoms. The molecule has 2 heterocycles. The molecule has 24 heavy (non-hydrogen) atoms. The van der Waals surface area contributed by atoms with Crippen molar-refractivity contribution in [2.24, 2.45) is 5.41 Å². The molecular formula is C17H23N5O2. The van der Waals surface area contributed by atoms with E-state index in [2.05, 4.69) is 20.4 Å². The summed E-state index contributed by atoms with van der Waals surface area (Å²) in [6, 6.07) is 2.00. The predicted octanol–water partition coefficient (Wildman–Crippen LogP) is 1.90. The lowest BCUT2D eigenvalue weighted by atomic mass is 9.60. The van der Waals surface area contributed by atoms with Crippen molar-refractivity contribution in [3.8, 4) is 0 Å². The van der Waals surface area contributed by atoms with Crippen LogP contribution in [-0.2, 0) is 4.74 Å². The van der Waals surface area contributed by atoms with E-state index < -0.39 is 0 Å². The van der Waals surface area contributed by atoms with Crippen LogP contribution >= 0.6 is 0 Å². The first-order valence-corrected chi connectivity index (χ1v) is 8.75. The van der Waals surface area contributed by atoms with E-state index in [0.29, 0.717) is 5.78 Å². The molecule has 128 valence electrons. The lowest BCUT2D eigenvalue weighted by Crippen LogP contribution is -2.63. The maximum atomic E-state index is 12.6. The summed E-state index contributed by atoms with van der Waals surface area (Å²) in [4.78, 5) is 21.0. The molecule has 7 nitrogen and oxygen atoms in total. The normalized spacial score (nSPS) is 25.1. The van der Waals surface area contributed by atoms with Gasteiger partial charge in [0.25, 0.3) is 11.7 Å². The minimum absolute atomic E-state index is 0.110. The number of fused-ring (bicyclic) bond motifs is 1. The second-order valence-electron chi connectivity index (χ2n) is 6.88.